The van der Waals surface area contributed by atoms with Crippen LogP contribution in [-0.2, 0) is 9.53 Å². The third-order valence-electron chi connectivity index (χ3n) is 2.84. The van der Waals surface area contributed by atoms with Crippen LogP contribution in [0.4, 0.5) is 10.5 Å². The van der Waals surface area contributed by atoms with E-state index in [-0.39, 0.29) is 0 Å². The smallest absolute Gasteiger partial charge is 0.326 e. The molecule has 3 N–H and O–H groups in total. The van der Waals surface area contributed by atoms with Crippen LogP contribution in [-0.4, -0.2) is 36.9 Å². The fourth-order valence-corrected chi connectivity index (χ4v) is 1.72. The number of methoxy groups -OCH3 is 1. The summed E-state index contributed by atoms with van der Waals surface area (Å²) in [6.45, 7) is 2.33. The molecule has 6 heteroatoms. The number of hydrogen-bond acceptors (Lipinski definition) is 3. The summed E-state index contributed by atoms with van der Waals surface area (Å²) in [5.74, 6) is -1.05. The normalized spacial score (nSPS) is 11.7. The Morgan fingerprint density at radius 1 is 1.35 bits per heavy atom. The second-order valence-electron chi connectivity index (χ2n) is 4.44. The standard InChI is InChI=1S/C14H20N2O4/c1-10-6-3-4-7-11(10)15-14(19)16-12(13(17)18)8-5-9-20-2/h3-4,6-7,12H,5,8-9H2,1-2H3,(H,17,18)(H2,15,16,19). The molecule has 1 aromatic rings. The van der Waals surface area contributed by atoms with Gasteiger partial charge in [0, 0.05) is 19.4 Å². The second kappa shape index (κ2) is 8.16. The van der Waals surface area contributed by atoms with Crippen molar-refractivity contribution in [3.05, 3.63) is 29.8 Å². The van der Waals surface area contributed by atoms with Gasteiger partial charge in [0.05, 0.1) is 0 Å². The first kappa shape index (κ1) is 16.0. The Balaban J connectivity index is 2.54. The van der Waals surface area contributed by atoms with E-state index in [4.69, 9.17) is 9.84 Å². The first-order chi connectivity index (χ1) is 9.54. The van der Waals surface area contributed by atoms with Crippen molar-refractivity contribution in [2.75, 3.05) is 19.0 Å². The highest BCUT2D eigenvalue weighted by molar-refractivity contribution is 5.92. The quantitative estimate of drug-likeness (QED) is 0.667. The highest BCUT2D eigenvalue weighted by Gasteiger charge is 2.19. The molecule has 0 saturated heterocycles. The van der Waals surface area contributed by atoms with E-state index in [1.807, 2.05) is 19.1 Å². The first-order valence-corrected chi connectivity index (χ1v) is 6.39. The number of anilines is 1. The SMILES string of the molecule is COCCCC(NC(=O)Nc1ccccc1C)C(=O)O. The molecule has 0 heterocycles. The molecule has 110 valence electrons. The van der Waals surface area contributed by atoms with Gasteiger partial charge in [0.2, 0.25) is 0 Å². The molecular formula is C14H20N2O4. The van der Waals surface area contributed by atoms with Crippen LogP contribution in [0.15, 0.2) is 24.3 Å². The minimum atomic E-state index is -1.05. The Bertz CT molecular complexity index is 462. The van der Waals surface area contributed by atoms with Crippen molar-refractivity contribution in [3.8, 4) is 0 Å². The first-order valence-electron chi connectivity index (χ1n) is 6.39. The largest absolute Gasteiger partial charge is 0.480 e. The van der Waals surface area contributed by atoms with Gasteiger partial charge in [-0.15, -0.1) is 0 Å². The number of urea groups is 1. The molecule has 0 aliphatic rings. The Morgan fingerprint density at radius 2 is 2.05 bits per heavy atom. The fourth-order valence-electron chi connectivity index (χ4n) is 1.72. The molecule has 0 bridgehead atoms. The number of aryl methyl sites for hydroxylation is 1. The van der Waals surface area contributed by atoms with Crippen molar-refractivity contribution < 1.29 is 19.4 Å². The van der Waals surface area contributed by atoms with Crippen molar-refractivity contribution in [1.29, 1.82) is 0 Å². The van der Waals surface area contributed by atoms with Crippen LogP contribution in [0.2, 0.25) is 0 Å². The maximum atomic E-state index is 11.8. The van der Waals surface area contributed by atoms with Gasteiger partial charge in [-0.2, -0.15) is 0 Å². The van der Waals surface area contributed by atoms with Crippen LogP contribution in [0, 0.1) is 6.92 Å². The molecule has 1 aromatic carbocycles. The van der Waals surface area contributed by atoms with Crippen LogP contribution in [0.5, 0.6) is 0 Å². The lowest BCUT2D eigenvalue weighted by Gasteiger charge is -2.15. The van der Waals surface area contributed by atoms with Crippen molar-refractivity contribution in [2.24, 2.45) is 0 Å². The predicted molar refractivity (Wildman–Crippen MR) is 75.9 cm³/mol. The lowest BCUT2D eigenvalue weighted by atomic mass is 10.1. The van der Waals surface area contributed by atoms with Gasteiger partial charge in [-0.1, -0.05) is 18.2 Å². The zero-order valence-corrected chi connectivity index (χ0v) is 11.7. The zero-order chi connectivity index (χ0) is 15.0. The molecule has 2 amide bonds. The Labute approximate surface area is 118 Å². The number of carboxylic acid groups (broad SMARTS) is 1. The summed E-state index contributed by atoms with van der Waals surface area (Å²) in [4.78, 5) is 22.9. The summed E-state index contributed by atoms with van der Waals surface area (Å²) >= 11 is 0. The van der Waals surface area contributed by atoms with E-state index in [2.05, 4.69) is 10.6 Å². The van der Waals surface area contributed by atoms with Crippen molar-refractivity contribution in [3.63, 3.8) is 0 Å². The predicted octanol–water partition coefficient (Wildman–Crippen LogP) is 2.00. The number of ether oxygens (including phenoxy) is 1. The molecular weight excluding hydrogens is 260 g/mol. The maximum Gasteiger partial charge on any atom is 0.326 e. The molecule has 1 unspecified atom stereocenters. The topological polar surface area (TPSA) is 87.7 Å². The van der Waals surface area contributed by atoms with Crippen LogP contribution in [0.1, 0.15) is 18.4 Å². The van der Waals surface area contributed by atoms with E-state index < -0.39 is 18.0 Å². The van der Waals surface area contributed by atoms with Gasteiger partial charge in [-0.05, 0) is 31.4 Å². The number of carbonyl (C=O) groups is 2. The molecule has 0 spiro atoms. The van der Waals surface area contributed by atoms with Crippen molar-refractivity contribution in [2.45, 2.75) is 25.8 Å². The molecule has 0 aromatic heterocycles. The monoisotopic (exact) mass is 280 g/mol. The third kappa shape index (κ3) is 5.27. The van der Waals surface area contributed by atoms with Crippen molar-refractivity contribution >= 4 is 17.7 Å². The van der Waals surface area contributed by atoms with Crippen LogP contribution in [0.3, 0.4) is 0 Å². The lowest BCUT2D eigenvalue weighted by molar-refractivity contribution is -0.139. The number of para-hydroxylation sites is 1. The summed E-state index contributed by atoms with van der Waals surface area (Å²) < 4.78 is 4.87. The van der Waals surface area contributed by atoms with E-state index in [0.29, 0.717) is 25.1 Å². The number of amides is 2. The number of rotatable bonds is 7. The Morgan fingerprint density at radius 3 is 2.65 bits per heavy atom. The van der Waals surface area contributed by atoms with E-state index in [9.17, 15) is 9.59 Å². The molecule has 0 fully saturated rings. The number of nitrogens with one attached hydrogen (secondary N) is 2. The molecule has 20 heavy (non-hydrogen) atoms. The van der Waals surface area contributed by atoms with Crippen LogP contribution >= 0.6 is 0 Å². The minimum Gasteiger partial charge on any atom is -0.480 e. The lowest BCUT2D eigenvalue weighted by Crippen LogP contribution is -2.43. The van der Waals surface area contributed by atoms with Gasteiger partial charge >= 0.3 is 12.0 Å². The summed E-state index contributed by atoms with van der Waals surface area (Å²) in [5, 5.41) is 14.1. The molecule has 0 aliphatic heterocycles. The second-order valence-corrected chi connectivity index (χ2v) is 4.44. The van der Waals surface area contributed by atoms with Gasteiger partial charge in [0.15, 0.2) is 0 Å². The highest BCUT2D eigenvalue weighted by Crippen LogP contribution is 2.12. The van der Waals surface area contributed by atoms with Crippen molar-refractivity contribution in [1.82, 2.24) is 5.32 Å². The zero-order valence-electron chi connectivity index (χ0n) is 11.7. The van der Waals surface area contributed by atoms with Crippen LogP contribution < -0.4 is 10.6 Å². The van der Waals surface area contributed by atoms with Gasteiger partial charge in [0.25, 0.3) is 0 Å². The number of aliphatic carboxylic acids is 1. The van der Waals surface area contributed by atoms with E-state index in [1.165, 1.54) is 0 Å². The summed E-state index contributed by atoms with van der Waals surface area (Å²) in [6, 6.07) is 5.84. The Kier molecular flexibility index (Phi) is 6.52. The number of hydrogen-bond donors (Lipinski definition) is 3. The van der Waals surface area contributed by atoms with E-state index >= 15 is 0 Å². The molecule has 0 radical (unpaired) electrons. The fraction of sp³-hybridized carbons (Fsp3) is 0.429. The van der Waals surface area contributed by atoms with E-state index in [0.717, 1.165) is 5.56 Å². The highest BCUT2D eigenvalue weighted by atomic mass is 16.5. The molecule has 6 nitrogen and oxygen atoms in total. The number of benzene rings is 1. The molecule has 1 rings (SSSR count). The van der Waals surface area contributed by atoms with E-state index in [1.54, 1.807) is 19.2 Å². The Hall–Kier alpha value is -2.08. The average molecular weight is 280 g/mol. The number of carbonyl (C=O) groups excluding carboxylic acids is 1. The summed E-state index contributed by atoms with van der Waals surface area (Å²) in [7, 11) is 1.55. The van der Waals surface area contributed by atoms with Crippen LogP contribution in [0.25, 0.3) is 0 Å². The maximum absolute atomic E-state index is 11.8. The average Bonchev–Trinajstić information content (AvgIpc) is 2.40. The molecule has 0 saturated carbocycles. The molecule has 1 atom stereocenters. The van der Waals surface area contributed by atoms with Gasteiger partial charge < -0.3 is 20.5 Å². The summed E-state index contributed by atoms with van der Waals surface area (Å²) in [5.41, 5.74) is 1.57. The van der Waals surface area contributed by atoms with Gasteiger partial charge in [0.1, 0.15) is 6.04 Å². The molecule has 0 aliphatic carbocycles. The van der Waals surface area contributed by atoms with Gasteiger partial charge in [-0.3, -0.25) is 0 Å². The minimum absolute atomic E-state index is 0.324. The number of carboxylic acids is 1. The third-order valence-corrected chi connectivity index (χ3v) is 2.84. The summed E-state index contributed by atoms with van der Waals surface area (Å²) in [6.07, 6.45) is 0.891. The van der Waals surface area contributed by atoms with Gasteiger partial charge in [-0.25, -0.2) is 9.59 Å².